The zero-order valence-electron chi connectivity index (χ0n) is 20.3. The molecule has 2 rings (SSSR count). The first kappa shape index (κ1) is 27.4. The van der Waals surface area contributed by atoms with Gasteiger partial charge in [-0.1, -0.05) is 60.8 Å². The minimum Gasteiger partial charge on any atom is -0.497 e. The molecule has 0 aromatic heterocycles. The molecule has 0 saturated heterocycles. The number of methoxy groups -OCH3 is 1. The molecule has 7 nitrogen and oxygen atoms in total. The van der Waals surface area contributed by atoms with Crippen molar-refractivity contribution in [3.05, 3.63) is 51.6 Å². The Morgan fingerprint density at radius 3 is 2.41 bits per heavy atom. The van der Waals surface area contributed by atoms with Gasteiger partial charge in [0.1, 0.15) is 11.4 Å². The van der Waals surface area contributed by atoms with E-state index in [0.29, 0.717) is 40.4 Å². The van der Waals surface area contributed by atoms with Crippen molar-refractivity contribution < 1.29 is 28.6 Å². The van der Waals surface area contributed by atoms with Crippen LogP contribution < -0.4 is 10.1 Å². The molecular formula is C26H32BrNO6. The molecule has 184 valence electrons. The van der Waals surface area contributed by atoms with Crippen LogP contribution in [0.5, 0.6) is 5.75 Å². The largest absolute Gasteiger partial charge is 0.497 e. The molecule has 0 aliphatic rings. The Balaban J connectivity index is 2.36. The summed E-state index contributed by atoms with van der Waals surface area (Å²) in [4.78, 5) is 38.7. The van der Waals surface area contributed by atoms with E-state index in [-0.39, 0.29) is 12.3 Å². The molecule has 0 spiro atoms. The van der Waals surface area contributed by atoms with E-state index in [1.165, 1.54) is 7.11 Å². The average molecular weight is 534 g/mol. The average Bonchev–Trinajstić information content (AvgIpc) is 2.81. The number of rotatable bonds is 11. The van der Waals surface area contributed by atoms with Gasteiger partial charge >= 0.3 is 11.9 Å². The molecule has 0 fully saturated rings. The highest BCUT2D eigenvalue weighted by Gasteiger charge is 2.28. The molecular weight excluding hydrogens is 502 g/mol. The van der Waals surface area contributed by atoms with Gasteiger partial charge < -0.3 is 19.5 Å². The van der Waals surface area contributed by atoms with Crippen LogP contribution in [0.2, 0.25) is 0 Å². The first-order chi connectivity index (χ1) is 16.3. The topological polar surface area (TPSA) is 90.9 Å². The van der Waals surface area contributed by atoms with Crippen molar-refractivity contribution in [2.24, 2.45) is 0 Å². The first-order valence-electron chi connectivity index (χ1n) is 11.4. The Labute approximate surface area is 209 Å². The summed E-state index contributed by atoms with van der Waals surface area (Å²) in [6.07, 6.45) is 1.10. The number of carbonyl (C=O) groups excluding carboxylic acids is 3. The van der Waals surface area contributed by atoms with Crippen LogP contribution in [0.4, 0.5) is 0 Å². The fourth-order valence-electron chi connectivity index (χ4n) is 3.48. The lowest BCUT2D eigenvalue weighted by atomic mass is 10.00. The third-order valence-electron chi connectivity index (χ3n) is 5.20. The minimum absolute atomic E-state index is 0.0216. The third kappa shape index (κ3) is 6.82. The van der Waals surface area contributed by atoms with Gasteiger partial charge in [0.2, 0.25) is 0 Å². The smallest absolute Gasteiger partial charge is 0.355 e. The summed E-state index contributed by atoms with van der Waals surface area (Å²) in [6, 6.07) is 9.10. The Kier molecular flexibility index (Phi) is 10.6. The van der Waals surface area contributed by atoms with Gasteiger partial charge in [-0.2, -0.15) is 0 Å². The fraction of sp³-hybridized carbons (Fsp3) is 0.423. The van der Waals surface area contributed by atoms with Crippen LogP contribution in [0.25, 0.3) is 10.8 Å². The standard InChI is InChI=1S/C26H32BrNO6/c1-6-10-21(27)23(26(31)33-8-3)28-24(29)22(11-7-2)34-25(30)20-15-17(32-5)14-19-16(4)12-9-13-18(19)20/h9,12-15,22H,6-8,10-11H2,1-5H3,(H,28,29)/b23-21-. The van der Waals surface area contributed by atoms with E-state index in [1.807, 2.05) is 45.0 Å². The van der Waals surface area contributed by atoms with Gasteiger partial charge in [-0.3, -0.25) is 4.79 Å². The van der Waals surface area contributed by atoms with Crippen LogP contribution in [0.1, 0.15) is 62.4 Å². The number of hydrogen-bond donors (Lipinski definition) is 1. The summed E-state index contributed by atoms with van der Waals surface area (Å²) in [5, 5.41) is 4.18. The van der Waals surface area contributed by atoms with Crippen molar-refractivity contribution in [2.75, 3.05) is 13.7 Å². The number of allylic oxidation sites excluding steroid dienone is 1. The highest BCUT2D eigenvalue weighted by Crippen LogP contribution is 2.29. The van der Waals surface area contributed by atoms with Crippen molar-refractivity contribution >= 4 is 44.5 Å². The summed E-state index contributed by atoms with van der Waals surface area (Å²) in [6.45, 7) is 7.63. The highest BCUT2D eigenvalue weighted by atomic mass is 79.9. The Morgan fingerprint density at radius 2 is 1.79 bits per heavy atom. The second kappa shape index (κ2) is 13.1. The van der Waals surface area contributed by atoms with Crippen molar-refractivity contribution in [1.29, 1.82) is 0 Å². The minimum atomic E-state index is -1.09. The van der Waals surface area contributed by atoms with Crippen molar-refractivity contribution in [3.63, 3.8) is 0 Å². The summed E-state index contributed by atoms with van der Waals surface area (Å²) in [7, 11) is 1.53. The molecule has 0 bridgehead atoms. The van der Waals surface area contributed by atoms with Crippen molar-refractivity contribution in [2.45, 2.75) is 59.5 Å². The number of ether oxygens (including phenoxy) is 3. The van der Waals surface area contributed by atoms with Crippen LogP contribution in [0.15, 0.2) is 40.5 Å². The van der Waals surface area contributed by atoms with Crippen LogP contribution in [0.3, 0.4) is 0 Å². The van der Waals surface area contributed by atoms with Crippen LogP contribution >= 0.6 is 15.9 Å². The van der Waals surface area contributed by atoms with Gasteiger partial charge in [0.05, 0.1) is 19.3 Å². The van der Waals surface area contributed by atoms with Crippen molar-refractivity contribution in [1.82, 2.24) is 5.32 Å². The Hall–Kier alpha value is -2.87. The molecule has 0 aliphatic heterocycles. The molecule has 1 atom stereocenters. The van der Waals surface area contributed by atoms with E-state index >= 15 is 0 Å². The van der Waals surface area contributed by atoms with Gasteiger partial charge in [0.15, 0.2) is 6.10 Å². The molecule has 8 heteroatoms. The second-order valence-electron chi connectivity index (χ2n) is 7.77. The third-order valence-corrected chi connectivity index (χ3v) is 6.00. The Morgan fingerprint density at radius 1 is 1.06 bits per heavy atom. The first-order valence-corrected chi connectivity index (χ1v) is 12.2. The number of hydrogen-bond acceptors (Lipinski definition) is 6. The quantitative estimate of drug-likeness (QED) is 0.300. The zero-order chi connectivity index (χ0) is 25.3. The second-order valence-corrected chi connectivity index (χ2v) is 8.72. The molecule has 0 aliphatic carbocycles. The van der Waals surface area contributed by atoms with Gasteiger partial charge in [-0.05, 0) is 55.2 Å². The number of halogens is 1. The van der Waals surface area contributed by atoms with E-state index in [4.69, 9.17) is 14.2 Å². The van der Waals surface area contributed by atoms with E-state index in [9.17, 15) is 14.4 Å². The summed E-state index contributed by atoms with van der Waals surface area (Å²) in [5.74, 6) is -1.36. The maximum Gasteiger partial charge on any atom is 0.355 e. The number of carbonyl (C=O) groups is 3. The van der Waals surface area contributed by atoms with Crippen LogP contribution in [-0.4, -0.2) is 37.7 Å². The number of benzene rings is 2. The normalized spacial score (nSPS) is 12.5. The number of fused-ring (bicyclic) bond motifs is 1. The predicted molar refractivity (Wildman–Crippen MR) is 135 cm³/mol. The lowest BCUT2D eigenvalue weighted by Gasteiger charge is -2.19. The predicted octanol–water partition coefficient (Wildman–Crippen LogP) is 5.57. The highest BCUT2D eigenvalue weighted by molar-refractivity contribution is 9.11. The summed E-state index contributed by atoms with van der Waals surface area (Å²) in [5.41, 5.74) is 1.31. The SMILES string of the molecule is CCC/C(Br)=C(/NC(=O)C(CCC)OC(=O)c1cc(OC)cc2c(C)cccc12)C(=O)OCC. The summed E-state index contributed by atoms with van der Waals surface area (Å²) < 4.78 is 16.6. The molecule has 1 amide bonds. The molecule has 1 N–H and O–H groups in total. The van der Waals surface area contributed by atoms with Crippen molar-refractivity contribution in [3.8, 4) is 5.75 Å². The zero-order valence-corrected chi connectivity index (χ0v) is 21.9. The molecule has 1 unspecified atom stereocenters. The molecule has 0 saturated carbocycles. The lowest BCUT2D eigenvalue weighted by molar-refractivity contribution is -0.141. The molecule has 0 heterocycles. The van der Waals surface area contributed by atoms with Gasteiger partial charge in [0, 0.05) is 4.48 Å². The molecule has 2 aromatic rings. The van der Waals surface area contributed by atoms with Gasteiger partial charge in [0.25, 0.3) is 5.91 Å². The number of aryl methyl sites for hydroxylation is 1. The number of amides is 1. The van der Waals surface area contributed by atoms with E-state index in [1.54, 1.807) is 13.0 Å². The molecule has 0 radical (unpaired) electrons. The van der Waals surface area contributed by atoms with E-state index < -0.39 is 23.9 Å². The maximum atomic E-state index is 13.2. The molecule has 34 heavy (non-hydrogen) atoms. The lowest BCUT2D eigenvalue weighted by Crippen LogP contribution is -2.39. The molecule has 2 aromatic carbocycles. The van der Waals surface area contributed by atoms with E-state index in [2.05, 4.69) is 21.2 Å². The van der Waals surface area contributed by atoms with Gasteiger partial charge in [-0.25, -0.2) is 9.59 Å². The maximum absolute atomic E-state index is 13.2. The fourth-order valence-corrected chi connectivity index (χ4v) is 4.13. The number of esters is 2. The van der Waals surface area contributed by atoms with Crippen LogP contribution in [-0.2, 0) is 19.1 Å². The Bertz CT molecular complexity index is 1080. The monoisotopic (exact) mass is 533 g/mol. The van der Waals surface area contributed by atoms with Crippen LogP contribution in [0, 0.1) is 6.92 Å². The van der Waals surface area contributed by atoms with Gasteiger partial charge in [-0.15, -0.1) is 0 Å². The number of nitrogens with one attached hydrogen (secondary N) is 1. The summed E-state index contributed by atoms with van der Waals surface area (Å²) >= 11 is 3.37. The van der Waals surface area contributed by atoms with E-state index in [0.717, 1.165) is 17.4 Å².